The van der Waals surface area contributed by atoms with Crippen LogP contribution in [0, 0.1) is 5.82 Å². The van der Waals surface area contributed by atoms with Gasteiger partial charge in [0.1, 0.15) is 17.5 Å². The van der Waals surface area contributed by atoms with Crippen molar-refractivity contribution in [2.75, 3.05) is 72.7 Å². The Morgan fingerprint density at radius 1 is 0.984 bits per heavy atom. The number of aliphatic hydroxyl groups is 1. The Balaban J connectivity index is 0.826. The van der Waals surface area contributed by atoms with Crippen LogP contribution in [0.25, 0.3) is 27.7 Å². The second-order valence-corrected chi connectivity index (χ2v) is 17.0. The Hall–Kier alpha value is -5.97. The summed E-state index contributed by atoms with van der Waals surface area (Å²) in [7, 11) is 1.94. The number of piperazine rings is 1. The van der Waals surface area contributed by atoms with Crippen LogP contribution in [0.15, 0.2) is 85.8 Å². The number of pyridine rings is 2. The van der Waals surface area contributed by atoms with Gasteiger partial charge >= 0.3 is 0 Å². The molecule has 0 aliphatic carbocycles. The fourth-order valence-electron chi connectivity index (χ4n) is 8.08. The van der Waals surface area contributed by atoms with Crippen molar-refractivity contribution in [2.24, 2.45) is 0 Å². The average Bonchev–Trinajstić information content (AvgIpc) is 3.71. The number of benzene rings is 2. The quantitative estimate of drug-likeness (QED) is 0.0692. The van der Waals surface area contributed by atoms with Crippen molar-refractivity contribution in [3.63, 3.8) is 0 Å². The van der Waals surface area contributed by atoms with E-state index >= 15 is 4.39 Å². The Bertz CT molecular complexity index is 2410. The number of halogens is 1. The maximum atomic E-state index is 15.7. The minimum atomic E-state index is -1.08. The molecule has 8 rings (SSSR count). The third-order valence-corrected chi connectivity index (χ3v) is 12.8. The number of carbonyl (C=O) groups excluding carboxylic acids is 3. The summed E-state index contributed by atoms with van der Waals surface area (Å²) >= 11 is 1.34. The SMILES string of the molecule is C=C(c1cccc(NSN(C)CC)c1F)c1c[nH]c2ncc(-c3ccc(N4CCN(C(=O)CC5(O)CCN(c6ccc(NC7CCC(=O)NC7=O)cn6)CC5)CC4)cc3)cc12. The number of piperidine rings is 2. The number of nitrogens with one attached hydrogen (secondary N) is 4. The summed E-state index contributed by atoms with van der Waals surface area (Å²) in [5, 5.41) is 17.8. The van der Waals surface area contributed by atoms with Gasteiger partial charge in [0.25, 0.3) is 0 Å². The molecular weight excluding hydrogens is 796 g/mol. The number of hydrogen-bond donors (Lipinski definition) is 5. The first-order valence-corrected chi connectivity index (χ1v) is 21.5. The fraction of sp³-hybridized carbons (Fsp3) is 0.356. The van der Waals surface area contributed by atoms with Gasteiger partial charge in [-0.2, -0.15) is 0 Å². The van der Waals surface area contributed by atoms with E-state index < -0.39 is 11.6 Å². The summed E-state index contributed by atoms with van der Waals surface area (Å²) in [6.45, 7) is 10.8. The van der Waals surface area contributed by atoms with Gasteiger partial charge in [-0.15, -0.1) is 0 Å². The summed E-state index contributed by atoms with van der Waals surface area (Å²) in [5.41, 5.74) is 5.44. The minimum absolute atomic E-state index is 0.0337. The molecule has 3 aliphatic heterocycles. The molecule has 1 unspecified atom stereocenters. The van der Waals surface area contributed by atoms with Crippen molar-refractivity contribution in [2.45, 2.75) is 50.7 Å². The molecule has 0 spiro atoms. The third-order valence-electron chi connectivity index (χ3n) is 12.0. The lowest BCUT2D eigenvalue weighted by Crippen LogP contribution is -2.52. The number of hydrogen-bond acceptors (Lipinski definition) is 12. The molecule has 3 aliphatic rings. The minimum Gasteiger partial charge on any atom is -0.389 e. The van der Waals surface area contributed by atoms with Gasteiger partial charge in [-0.3, -0.25) is 19.7 Å². The highest BCUT2D eigenvalue weighted by Crippen LogP contribution is 2.35. The first kappa shape index (κ1) is 41.8. The van der Waals surface area contributed by atoms with Gasteiger partial charge in [0.15, 0.2) is 5.82 Å². The maximum Gasteiger partial charge on any atom is 0.249 e. The largest absolute Gasteiger partial charge is 0.389 e. The van der Waals surface area contributed by atoms with Gasteiger partial charge < -0.3 is 34.8 Å². The van der Waals surface area contributed by atoms with E-state index in [4.69, 9.17) is 0 Å². The zero-order chi connectivity index (χ0) is 42.7. The molecule has 3 fully saturated rings. The van der Waals surface area contributed by atoms with Gasteiger partial charge in [0.05, 0.1) is 29.6 Å². The highest BCUT2D eigenvalue weighted by Gasteiger charge is 2.37. The van der Waals surface area contributed by atoms with Crippen molar-refractivity contribution in [3.05, 3.63) is 103 Å². The lowest BCUT2D eigenvalue weighted by molar-refractivity contribution is -0.138. The molecule has 14 nitrogen and oxygen atoms in total. The van der Waals surface area contributed by atoms with Gasteiger partial charge in [-0.1, -0.05) is 37.8 Å². The first-order valence-electron chi connectivity index (χ1n) is 20.7. The summed E-state index contributed by atoms with van der Waals surface area (Å²) < 4.78 is 20.7. The number of anilines is 4. The first-order chi connectivity index (χ1) is 29.5. The number of carbonyl (C=O) groups is 3. The highest BCUT2D eigenvalue weighted by atomic mass is 32.2. The average molecular weight is 847 g/mol. The van der Waals surface area contributed by atoms with E-state index in [1.165, 1.54) is 12.1 Å². The normalized spacial score (nSPS) is 18.0. The predicted octanol–water partition coefficient (Wildman–Crippen LogP) is 6.04. The van der Waals surface area contributed by atoms with Crippen LogP contribution in [0.4, 0.5) is 27.3 Å². The van der Waals surface area contributed by atoms with E-state index in [0.29, 0.717) is 93.1 Å². The molecule has 2 aromatic carbocycles. The molecule has 61 heavy (non-hydrogen) atoms. The molecule has 0 saturated carbocycles. The van der Waals surface area contributed by atoms with Crippen LogP contribution in [-0.4, -0.2) is 111 Å². The zero-order valence-corrected chi connectivity index (χ0v) is 35.2. The van der Waals surface area contributed by atoms with Gasteiger partial charge in [-0.05, 0) is 73.8 Å². The summed E-state index contributed by atoms with van der Waals surface area (Å²) in [6.07, 6.45) is 7.04. The Labute approximate surface area is 358 Å². The molecule has 3 amide bonds. The fourth-order valence-corrected chi connectivity index (χ4v) is 8.62. The second kappa shape index (κ2) is 17.9. The molecule has 5 N–H and O–H groups in total. The maximum absolute atomic E-state index is 15.7. The van der Waals surface area contributed by atoms with Crippen molar-refractivity contribution in [3.8, 4) is 11.1 Å². The Morgan fingerprint density at radius 2 is 1.75 bits per heavy atom. The standard InChI is InChI=1S/C45H51FN10O4S/c1-4-53(3)61-52-37-7-5-6-34(42(37)46)29(2)36-28-49-43-35(36)24-31(26-48-43)30-8-11-33(12-9-30)54-20-22-56(23-21-54)41(58)25-45(60)16-18-55(19-17-45)39-14-10-32(27-47-39)50-38-13-15-40(57)51-44(38)59/h5-12,14,24,26-28,38,50,52,60H,2,4,13,15-23,25H2,1,3H3,(H,48,49)(H,51,57,59). The molecule has 3 aromatic heterocycles. The second-order valence-electron chi connectivity index (χ2n) is 16.0. The summed E-state index contributed by atoms with van der Waals surface area (Å²) in [5.74, 6) is -0.221. The number of H-pyrrole nitrogens is 1. The number of imide groups is 1. The van der Waals surface area contributed by atoms with Crippen LogP contribution in [0.5, 0.6) is 0 Å². The molecule has 0 radical (unpaired) electrons. The number of nitrogens with zero attached hydrogens (tertiary/aromatic N) is 6. The number of aromatic nitrogens is 3. The topological polar surface area (TPSA) is 162 Å². The molecule has 16 heteroatoms. The van der Waals surface area contributed by atoms with Gasteiger partial charge in [0, 0.05) is 105 Å². The van der Waals surface area contributed by atoms with Gasteiger partial charge in [-0.25, -0.2) is 18.7 Å². The van der Waals surface area contributed by atoms with Crippen LogP contribution < -0.4 is 25.2 Å². The molecular formula is C45H51FN10O4S. The van der Waals surface area contributed by atoms with E-state index in [-0.39, 0.29) is 30.0 Å². The van der Waals surface area contributed by atoms with Crippen molar-refractivity contribution >= 4 is 69.3 Å². The molecule has 5 aromatic rings. The molecule has 3 saturated heterocycles. The lowest BCUT2D eigenvalue weighted by atomic mass is 9.87. The molecule has 0 bridgehead atoms. The van der Waals surface area contributed by atoms with Crippen molar-refractivity contribution in [1.82, 2.24) is 29.5 Å². The predicted molar refractivity (Wildman–Crippen MR) is 239 cm³/mol. The summed E-state index contributed by atoms with van der Waals surface area (Å²) in [6, 6.07) is 18.9. The van der Waals surface area contributed by atoms with Crippen LogP contribution in [0.2, 0.25) is 0 Å². The van der Waals surface area contributed by atoms with Crippen LogP contribution >= 0.6 is 12.1 Å². The number of aromatic amines is 1. The van der Waals surface area contributed by atoms with E-state index in [2.05, 4.69) is 77.0 Å². The Kier molecular flexibility index (Phi) is 12.3. The Morgan fingerprint density at radius 3 is 2.46 bits per heavy atom. The molecule has 1 atom stereocenters. The summed E-state index contributed by atoms with van der Waals surface area (Å²) in [4.78, 5) is 55.7. The van der Waals surface area contributed by atoms with Crippen molar-refractivity contribution < 1.29 is 23.9 Å². The van der Waals surface area contributed by atoms with E-state index in [1.54, 1.807) is 18.3 Å². The molecule has 6 heterocycles. The lowest BCUT2D eigenvalue weighted by Gasteiger charge is -2.41. The zero-order valence-electron chi connectivity index (χ0n) is 34.4. The number of fused-ring (bicyclic) bond motifs is 1. The van der Waals surface area contributed by atoms with E-state index in [0.717, 1.165) is 40.1 Å². The third kappa shape index (κ3) is 9.36. The van der Waals surface area contributed by atoms with Crippen LogP contribution in [-0.2, 0) is 14.4 Å². The monoisotopic (exact) mass is 846 g/mol. The molecule has 318 valence electrons. The number of amides is 3. The van der Waals surface area contributed by atoms with E-state index in [9.17, 15) is 19.5 Å². The van der Waals surface area contributed by atoms with Gasteiger partial charge in [0.2, 0.25) is 17.7 Å². The number of rotatable bonds is 13. The van der Waals surface area contributed by atoms with Crippen LogP contribution in [0.3, 0.4) is 0 Å². The van der Waals surface area contributed by atoms with Crippen LogP contribution in [0.1, 0.15) is 50.2 Å². The highest BCUT2D eigenvalue weighted by molar-refractivity contribution is 7.98. The van der Waals surface area contributed by atoms with Crippen molar-refractivity contribution in [1.29, 1.82) is 0 Å². The smallest absolute Gasteiger partial charge is 0.249 e. The van der Waals surface area contributed by atoms with E-state index in [1.807, 2.05) is 53.8 Å².